The molecule has 0 aromatic carbocycles. The summed E-state index contributed by atoms with van der Waals surface area (Å²) in [5.41, 5.74) is 1.64. The molecule has 1 fully saturated rings. The van der Waals surface area contributed by atoms with Gasteiger partial charge in [-0.2, -0.15) is 10.1 Å². The van der Waals surface area contributed by atoms with Gasteiger partial charge >= 0.3 is 0 Å². The molecule has 3 N–H and O–H groups in total. The van der Waals surface area contributed by atoms with Crippen LogP contribution in [0.25, 0.3) is 11.0 Å². The number of nitrogens with one attached hydrogen (secondary N) is 3. The maximum Gasteiger partial charge on any atom is 0.274 e. The van der Waals surface area contributed by atoms with Gasteiger partial charge in [0.25, 0.3) is 5.91 Å². The van der Waals surface area contributed by atoms with E-state index in [0.717, 1.165) is 24.2 Å². The summed E-state index contributed by atoms with van der Waals surface area (Å²) in [6, 6.07) is 0.376. The third kappa shape index (κ3) is 5.17. The number of ether oxygens (including phenoxy) is 1. The average Bonchev–Trinajstić information content (AvgIpc) is 3.36. The highest BCUT2D eigenvalue weighted by Crippen LogP contribution is 2.29. The van der Waals surface area contributed by atoms with Gasteiger partial charge in [0.2, 0.25) is 5.95 Å². The lowest BCUT2D eigenvalue weighted by Crippen LogP contribution is -2.31. The summed E-state index contributed by atoms with van der Waals surface area (Å²) in [5, 5.41) is 14.1. The Morgan fingerprint density at radius 2 is 2.00 bits per heavy atom. The number of anilines is 2. The topological polar surface area (TPSA) is 109 Å². The number of likely N-dealkylation sites (N-methyl/N-ethyl adjacent to an activating group) is 1. The van der Waals surface area contributed by atoms with Crippen molar-refractivity contribution in [2.75, 3.05) is 57.7 Å². The molecule has 1 saturated carbocycles. The molecule has 0 spiro atoms. The van der Waals surface area contributed by atoms with Gasteiger partial charge in [-0.1, -0.05) is 12.8 Å². The Kier molecular flexibility index (Phi) is 7.81. The number of carbonyl (C=O) groups excluding carboxylic acids is 1. The van der Waals surface area contributed by atoms with E-state index in [1.165, 1.54) is 12.8 Å². The molecule has 10 nitrogen and oxygen atoms in total. The quantitative estimate of drug-likeness (QED) is 0.468. The lowest BCUT2D eigenvalue weighted by molar-refractivity contribution is 0.0948. The maximum atomic E-state index is 12.9. The Morgan fingerprint density at radius 3 is 2.67 bits per heavy atom. The largest absolute Gasteiger partial charge is 0.380 e. The van der Waals surface area contributed by atoms with Gasteiger partial charge in [-0.15, -0.1) is 0 Å². The molecule has 166 valence electrons. The van der Waals surface area contributed by atoms with Crippen LogP contribution in [0.3, 0.4) is 0 Å². The molecule has 2 heterocycles. The van der Waals surface area contributed by atoms with Gasteiger partial charge in [-0.05, 0) is 26.8 Å². The van der Waals surface area contributed by atoms with Gasteiger partial charge in [0, 0.05) is 39.8 Å². The highest BCUT2D eigenvalue weighted by Gasteiger charge is 2.25. The third-order valence-electron chi connectivity index (χ3n) is 5.20. The Hall–Kier alpha value is -2.46. The minimum Gasteiger partial charge on any atom is -0.380 e. The second-order valence-corrected chi connectivity index (χ2v) is 7.72. The minimum absolute atomic E-state index is 0.236. The first-order chi connectivity index (χ1) is 14.5. The van der Waals surface area contributed by atoms with Crippen molar-refractivity contribution in [1.29, 1.82) is 0 Å². The van der Waals surface area contributed by atoms with E-state index in [-0.39, 0.29) is 5.91 Å². The molecular formula is C20H34N8O2. The summed E-state index contributed by atoms with van der Waals surface area (Å²) in [6.07, 6.45) is 4.67. The third-order valence-corrected chi connectivity index (χ3v) is 5.20. The second-order valence-electron chi connectivity index (χ2n) is 7.72. The first-order valence-electron chi connectivity index (χ1n) is 10.8. The zero-order chi connectivity index (χ0) is 21.5. The molecule has 3 rings (SSSR count). The van der Waals surface area contributed by atoms with Crippen molar-refractivity contribution >= 4 is 28.7 Å². The van der Waals surface area contributed by atoms with E-state index in [4.69, 9.17) is 9.72 Å². The zero-order valence-electron chi connectivity index (χ0n) is 18.5. The molecule has 0 atom stereocenters. The van der Waals surface area contributed by atoms with Crippen molar-refractivity contribution in [2.24, 2.45) is 0 Å². The second kappa shape index (κ2) is 10.5. The molecule has 2 aromatic heterocycles. The van der Waals surface area contributed by atoms with Crippen molar-refractivity contribution in [2.45, 2.75) is 45.2 Å². The van der Waals surface area contributed by atoms with E-state index in [9.17, 15) is 4.79 Å². The van der Waals surface area contributed by atoms with Crippen LogP contribution in [0.2, 0.25) is 0 Å². The predicted molar refractivity (Wildman–Crippen MR) is 118 cm³/mol. The van der Waals surface area contributed by atoms with E-state index in [0.29, 0.717) is 56.0 Å². The minimum atomic E-state index is -0.236. The molecule has 0 bridgehead atoms. The van der Waals surface area contributed by atoms with E-state index < -0.39 is 0 Å². The van der Waals surface area contributed by atoms with Gasteiger partial charge in [0.1, 0.15) is 11.0 Å². The van der Waals surface area contributed by atoms with Crippen LogP contribution in [0, 0.1) is 0 Å². The molecule has 0 saturated heterocycles. The van der Waals surface area contributed by atoms with Gasteiger partial charge in [-0.25, -0.2) is 4.98 Å². The average molecular weight is 419 g/mol. The van der Waals surface area contributed by atoms with Gasteiger partial charge in [-0.3, -0.25) is 9.48 Å². The summed E-state index contributed by atoms with van der Waals surface area (Å²) in [5.74, 6) is 1.05. The Bertz CT molecular complexity index is 845. The molecule has 1 amide bonds. The standard InChI is InChI=1S/C20H34N8O2/c1-5-30-13-12-28-17-15(16(26-28)19(29)22-11-10-21-2)24-20(27(3)4)25-18(17)23-14-8-6-7-9-14/h14,21H,5-13H2,1-4H3,(H,22,29)(H,23,24,25). The first-order valence-corrected chi connectivity index (χ1v) is 10.8. The highest BCUT2D eigenvalue weighted by molar-refractivity contribution is 6.05. The first kappa shape index (κ1) is 22.2. The summed E-state index contributed by atoms with van der Waals surface area (Å²) >= 11 is 0. The van der Waals surface area contributed by atoms with Gasteiger partial charge in [0.05, 0.1) is 13.2 Å². The van der Waals surface area contributed by atoms with Crippen LogP contribution < -0.4 is 20.9 Å². The van der Waals surface area contributed by atoms with Crippen LogP contribution in [0.15, 0.2) is 0 Å². The van der Waals surface area contributed by atoms with Crippen LogP contribution in [0.4, 0.5) is 11.8 Å². The van der Waals surface area contributed by atoms with Crippen LogP contribution >= 0.6 is 0 Å². The number of carbonyl (C=O) groups is 1. The normalized spacial score (nSPS) is 14.4. The van der Waals surface area contributed by atoms with Crippen molar-refractivity contribution in [3.8, 4) is 0 Å². The van der Waals surface area contributed by atoms with E-state index >= 15 is 0 Å². The summed E-state index contributed by atoms with van der Waals surface area (Å²) in [6.45, 7) is 4.82. The number of nitrogens with zero attached hydrogens (tertiary/aromatic N) is 5. The molecule has 0 radical (unpaired) electrons. The SMILES string of the molecule is CCOCCn1nc(C(=O)NCCNC)c2nc(N(C)C)nc(NC3CCCC3)c21. The van der Waals surface area contributed by atoms with Crippen LogP contribution in [0.1, 0.15) is 43.1 Å². The van der Waals surface area contributed by atoms with Crippen molar-refractivity contribution in [3.05, 3.63) is 5.69 Å². The molecule has 30 heavy (non-hydrogen) atoms. The molecule has 0 aliphatic heterocycles. The molecule has 2 aromatic rings. The van der Waals surface area contributed by atoms with Crippen molar-refractivity contribution in [3.63, 3.8) is 0 Å². The Morgan fingerprint density at radius 1 is 1.23 bits per heavy atom. The highest BCUT2D eigenvalue weighted by atomic mass is 16.5. The molecular weight excluding hydrogens is 384 g/mol. The van der Waals surface area contributed by atoms with Gasteiger partial charge < -0.3 is 25.6 Å². The smallest absolute Gasteiger partial charge is 0.274 e. The number of amides is 1. The molecule has 10 heteroatoms. The lowest BCUT2D eigenvalue weighted by Gasteiger charge is -2.17. The van der Waals surface area contributed by atoms with Crippen LogP contribution in [-0.4, -0.2) is 79.1 Å². The fraction of sp³-hybridized carbons (Fsp3) is 0.700. The number of aromatic nitrogens is 4. The number of rotatable bonds is 11. The number of fused-ring (bicyclic) bond motifs is 1. The van der Waals surface area contributed by atoms with Crippen molar-refractivity contribution < 1.29 is 9.53 Å². The Balaban J connectivity index is 2.05. The fourth-order valence-electron chi connectivity index (χ4n) is 3.63. The summed E-state index contributed by atoms with van der Waals surface area (Å²) in [4.78, 5) is 24.2. The van der Waals surface area contributed by atoms with Crippen molar-refractivity contribution in [1.82, 2.24) is 30.4 Å². The van der Waals surface area contributed by atoms with E-state index in [1.54, 1.807) is 4.68 Å². The monoisotopic (exact) mass is 418 g/mol. The fourth-order valence-corrected chi connectivity index (χ4v) is 3.63. The summed E-state index contributed by atoms with van der Waals surface area (Å²) in [7, 11) is 5.64. The van der Waals surface area contributed by atoms with Gasteiger partial charge in [0.15, 0.2) is 11.5 Å². The van der Waals surface area contributed by atoms with Crippen LogP contribution in [0.5, 0.6) is 0 Å². The van der Waals surface area contributed by atoms with E-state index in [1.807, 2.05) is 33.0 Å². The maximum absolute atomic E-state index is 12.9. The molecule has 1 aliphatic carbocycles. The summed E-state index contributed by atoms with van der Waals surface area (Å²) < 4.78 is 7.33. The number of hydrogen-bond donors (Lipinski definition) is 3. The predicted octanol–water partition coefficient (Wildman–Crippen LogP) is 1.23. The van der Waals surface area contributed by atoms with E-state index in [2.05, 4.69) is 26.0 Å². The number of hydrogen-bond acceptors (Lipinski definition) is 8. The lowest BCUT2D eigenvalue weighted by atomic mass is 10.2. The molecule has 1 aliphatic rings. The van der Waals surface area contributed by atoms with Crippen LogP contribution in [-0.2, 0) is 11.3 Å². The molecule has 0 unspecified atom stereocenters. The zero-order valence-corrected chi connectivity index (χ0v) is 18.5. The Labute approximate surface area is 177 Å².